The number of hydrogen-bond donors (Lipinski definition) is 2. The van der Waals surface area contributed by atoms with Crippen molar-refractivity contribution in [3.05, 3.63) is 30.1 Å². The summed E-state index contributed by atoms with van der Waals surface area (Å²) in [6, 6.07) is 5.37. The molecule has 0 aliphatic carbocycles. The lowest BCUT2D eigenvalue weighted by atomic mass is 10.0. The molecule has 1 aromatic rings. The van der Waals surface area contributed by atoms with Crippen LogP contribution in [0.25, 0.3) is 0 Å². The molecule has 21 heavy (non-hydrogen) atoms. The second-order valence-electron chi connectivity index (χ2n) is 5.00. The molecule has 0 unspecified atom stereocenters. The monoisotopic (exact) mass is 353 g/mol. The lowest BCUT2D eigenvalue weighted by Gasteiger charge is -2.28. The molecule has 1 heterocycles. The van der Waals surface area contributed by atoms with E-state index in [1.807, 2.05) is 38.3 Å². The van der Waals surface area contributed by atoms with E-state index in [9.17, 15) is 4.79 Å². The minimum Gasteiger partial charge on any atom is -0.355 e. The molecule has 0 aliphatic rings. The van der Waals surface area contributed by atoms with Gasteiger partial charge in [-0.15, -0.1) is 24.8 Å². The third-order valence-corrected chi connectivity index (χ3v) is 4.50. The maximum Gasteiger partial charge on any atom is 0.238 e. The number of thioether (sulfide) groups is 1. The average molecular weight is 354 g/mol. The van der Waals surface area contributed by atoms with Gasteiger partial charge in [0.25, 0.3) is 0 Å². The Morgan fingerprint density at radius 2 is 2.10 bits per heavy atom. The van der Waals surface area contributed by atoms with Crippen LogP contribution in [-0.2, 0) is 11.2 Å². The largest absolute Gasteiger partial charge is 0.355 e. The van der Waals surface area contributed by atoms with Crippen LogP contribution in [0, 0.1) is 0 Å². The molecule has 3 N–H and O–H groups in total. The Hall–Kier alpha value is -0.490. The molecule has 7 heteroatoms. The summed E-state index contributed by atoms with van der Waals surface area (Å²) in [6.07, 6.45) is 5.48. The van der Waals surface area contributed by atoms with Gasteiger partial charge in [-0.25, -0.2) is 0 Å². The maximum absolute atomic E-state index is 11.9. The summed E-state index contributed by atoms with van der Waals surface area (Å²) in [4.78, 5) is 16.1. The molecule has 0 saturated carbocycles. The first-order chi connectivity index (χ1) is 8.97. The molecule has 0 aromatic carbocycles. The summed E-state index contributed by atoms with van der Waals surface area (Å²) in [5, 5.41) is 2.89. The number of halogens is 2. The van der Waals surface area contributed by atoms with Crippen molar-refractivity contribution >= 4 is 42.5 Å². The number of pyridine rings is 1. The van der Waals surface area contributed by atoms with E-state index >= 15 is 0 Å². The molecular formula is C14H25Cl2N3OS. The zero-order valence-electron chi connectivity index (χ0n) is 12.7. The number of carbonyl (C=O) groups is 1. The van der Waals surface area contributed by atoms with Crippen LogP contribution < -0.4 is 11.1 Å². The first kappa shape index (κ1) is 22.8. The number of aryl methyl sites for hydroxylation is 1. The molecule has 0 radical (unpaired) electrons. The van der Waals surface area contributed by atoms with Crippen molar-refractivity contribution in [2.75, 3.05) is 12.8 Å². The van der Waals surface area contributed by atoms with Crippen molar-refractivity contribution < 1.29 is 4.79 Å². The summed E-state index contributed by atoms with van der Waals surface area (Å²) in [6.45, 7) is 4.60. The topological polar surface area (TPSA) is 68.0 Å². The van der Waals surface area contributed by atoms with Crippen LogP contribution in [0.2, 0.25) is 0 Å². The number of carbonyl (C=O) groups excluding carboxylic acids is 1. The number of hydrogen-bond acceptors (Lipinski definition) is 4. The minimum absolute atomic E-state index is 0. The van der Waals surface area contributed by atoms with Crippen molar-refractivity contribution in [2.45, 2.75) is 37.5 Å². The van der Waals surface area contributed by atoms with Crippen LogP contribution in [-0.4, -0.2) is 34.5 Å². The maximum atomic E-state index is 11.9. The van der Waals surface area contributed by atoms with E-state index in [4.69, 9.17) is 5.73 Å². The number of rotatable bonds is 7. The predicted molar refractivity (Wildman–Crippen MR) is 95.6 cm³/mol. The SMILES string of the molecule is CSC(C)(C)[C@H](N)C(=O)NCCCc1ccccn1.Cl.Cl. The highest BCUT2D eigenvalue weighted by Gasteiger charge is 2.30. The van der Waals surface area contributed by atoms with Crippen LogP contribution in [0.5, 0.6) is 0 Å². The van der Waals surface area contributed by atoms with Crippen LogP contribution >= 0.6 is 36.6 Å². The molecule has 0 spiro atoms. The van der Waals surface area contributed by atoms with Gasteiger partial charge in [0.15, 0.2) is 0 Å². The molecule has 1 aromatic heterocycles. The van der Waals surface area contributed by atoms with Crippen molar-refractivity contribution in [3.63, 3.8) is 0 Å². The number of nitrogens with zero attached hydrogens (tertiary/aromatic N) is 1. The third-order valence-electron chi connectivity index (χ3n) is 3.19. The van der Waals surface area contributed by atoms with E-state index in [2.05, 4.69) is 10.3 Å². The van der Waals surface area contributed by atoms with E-state index in [0.29, 0.717) is 6.54 Å². The first-order valence-corrected chi connectivity index (χ1v) is 7.68. The lowest BCUT2D eigenvalue weighted by molar-refractivity contribution is -0.122. The predicted octanol–water partition coefficient (Wildman–Crippen LogP) is 2.44. The van der Waals surface area contributed by atoms with Gasteiger partial charge >= 0.3 is 0 Å². The Kier molecular flexibility index (Phi) is 12.1. The third kappa shape index (κ3) is 7.90. The van der Waals surface area contributed by atoms with Crippen LogP contribution in [0.15, 0.2) is 24.4 Å². The number of nitrogens with two attached hydrogens (primary N) is 1. The highest BCUT2D eigenvalue weighted by molar-refractivity contribution is 8.00. The van der Waals surface area contributed by atoms with Gasteiger partial charge in [-0.05, 0) is 45.1 Å². The highest BCUT2D eigenvalue weighted by Crippen LogP contribution is 2.24. The molecule has 0 saturated heterocycles. The Balaban J connectivity index is 0. The Labute approximate surface area is 143 Å². The number of nitrogens with one attached hydrogen (secondary N) is 1. The van der Waals surface area contributed by atoms with Gasteiger partial charge in [-0.2, -0.15) is 11.8 Å². The Morgan fingerprint density at radius 3 is 2.62 bits per heavy atom. The second kappa shape index (κ2) is 11.1. The normalized spacial score (nSPS) is 11.8. The van der Waals surface area contributed by atoms with Crippen LogP contribution in [0.1, 0.15) is 26.0 Å². The van der Waals surface area contributed by atoms with E-state index in [1.165, 1.54) is 0 Å². The minimum atomic E-state index is -0.489. The molecule has 0 fully saturated rings. The van der Waals surface area contributed by atoms with E-state index in [1.54, 1.807) is 18.0 Å². The summed E-state index contributed by atoms with van der Waals surface area (Å²) < 4.78 is -0.245. The van der Waals surface area contributed by atoms with Crippen LogP contribution in [0.3, 0.4) is 0 Å². The smallest absolute Gasteiger partial charge is 0.238 e. The fourth-order valence-corrected chi connectivity index (χ4v) is 1.94. The lowest BCUT2D eigenvalue weighted by Crippen LogP contribution is -2.52. The fraction of sp³-hybridized carbons (Fsp3) is 0.571. The van der Waals surface area contributed by atoms with Crippen molar-refractivity contribution in [1.29, 1.82) is 0 Å². The number of aromatic nitrogens is 1. The summed E-state index contributed by atoms with van der Waals surface area (Å²) in [5.74, 6) is -0.0830. The molecule has 4 nitrogen and oxygen atoms in total. The Bertz CT molecular complexity index is 404. The zero-order chi connectivity index (χ0) is 14.3. The quantitative estimate of drug-likeness (QED) is 0.738. The standard InChI is InChI=1S/C14H23N3OS.2ClH/c1-14(2,19-3)12(15)13(18)17-10-6-8-11-7-4-5-9-16-11;;/h4-5,7,9,12H,6,8,10,15H2,1-3H3,(H,17,18);2*1H/t12-;;/m1../s1. The van der Waals surface area contributed by atoms with E-state index in [0.717, 1.165) is 18.5 Å². The second-order valence-corrected chi connectivity index (χ2v) is 6.46. The van der Waals surface area contributed by atoms with Gasteiger partial charge in [0.1, 0.15) is 0 Å². The van der Waals surface area contributed by atoms with Crippen molar-refractivity contribution in [3.8, 4) is 0 Å². The molecule has 1 rings (SSSR count). The molecule has 1 amide bonds. The van der Waals surface area contributed by atoms with E-state index < -0.39 is 6.04 Å². The van der Waals surface area contributed by atoms with Gasteiger partial charge in [-0.1, -0.05) is 6.07 Å². The molecule has 0 bridgehead atoms. The fourth-order valence-electron chi connectivity index (χ4n) is 1.58. The number of amides is 1. The van der Waals surface area contributed by atoms with Gasteiger partial charge in [0, 0.05) is 23.2 Å². The Morgan fingerprint density at radius 1 is 1.43 bits per heavy atom. The molecule has 122 valence electrons. The average Bonchev–Trinajstić information content (AvgIpc) is 2.43. The van der Waals surface area contributed by atoms with Gasteiger partial charge in [-0.3, -0.25) is 9.78 Å². The van der Waals surface area contributed by atoms with Gasteiger partial charge in [0.2, 0.25) is 5.91 Å². The molecule has 1 atom stereocenters. The van der Waals surface area contributed by atoms with Crippen LogP contribution in [0.4, 0.5) is 0 Å². The zero-order valence-corrected chi connectivity index (χ0v) is 15.1. The van der Waals surface area contributed by atoms with Crippen molar-refractivity contribution in [1.82, 2.24) is 10.3 Å². The van der Waals surface area contributed by atoms with Gasteiger partial charge < -0.3 is 11.1 Å². The summed E-state index contributed by atoms with van der Waals surface area (Å²) in [7, 11) is 0. The molecular weight excluding hydrogens is 329 g/mol. The molecule has 0 aliphatic heterocycles. The van der Waals surface area contributed by atoms with Crippen molar-refractivity contribution in [2.24, 2.45) is 5.73 Å². The summed E-state index contributed by atoms with van der Waals surface area (Å²) >= 11 is 1.60. The highest BCUT2D eigenvalue weighted by atomic mass is 35.5. The van der Waals surface area contributed by atoms with Gasteiger partial charge in [0.05, 0.1) is 6.04 Å². The van der Waals surface area contributed by atoms with E-state index in [-0.39, 0.29) is 35.5 Å². The summed E-state index contributed by atoms with van der Waals surface area (Å²) in [5.41, 5.74) is 7.00. The first-order valence-electron chi connectivity index (χ1n) is 6.45.